The van der Waals surface area contributed by atoms with Crippen molar-refractivity contribution in [3.63, 3.8) is 0 Å². The summed E-state index contributed by atoms with van der Waals surface area (Å²) in [5, 5.41) is 10.9. The van der Waals surface area contributed by atoms with Gasteiger partial charge in [-0.05, 0) is 74.8 Å². The first-order valence-corrected chi connectivity index (χ1v) is 8.10. The standard InChI is InChI=1S/C18H22F2O/c1-10-2-14(16(20)6-15(10)19)17(21)18-7-11-3-12(8-18)5-13(4-11)9-18/h2,6,11-13,17,21H,3-5,7-9H2,1H3. The Bertz CT molecular complexity index is 546. The van der Waals surface area contributed by atoms with E-state index >= 15 is 0 Å². The van der Waals surface area contributed by atoms with Gasteiger partial charge >= 0.3 is 0 Å². The summed E-state index contributed by atoms with van der Waals surface area (Å²) in [6, 6.07) is 2.43. The molecule has 21 heavy (non-hydrogen) atoms. The molecule has 0 aromatic heterocycles. The van der Waals surface area contributed by atoms with Gasteiger partial charge in [-0.15, -0.1) is 0 Å². The molecule has 4 saturated carbocycles. The Hall–Kier alpha value is -0.960. The summed E-state index contributed by atoms with van der Waals surface area (Å²) in [5.41, 5.74) is 0.547. The third-order valence-corrected chi connectivity index (χ3v) is 6.24. The molecule has 0 saturated heterocycles. The molecule has 1 aromatic carbocycles. The lowest BCUT2D eigenvalue weighted by Gasteiger charge is -2.58. The van der Waals surface area contributed by atoms with Crippen LogP contribution in [0.1, 0.15) is 55.8 Å². The van der Waals surface area contributed by atoms with Crippen molar-refractivity contribution >= 4 is 0 Å². The van der Waals surface area contributed by atoms with Gasteiger partial charge in [0.25, 0.3) is 0 Å². The topological polar surface area (TPSA) is 20.2 Å². The molecule has 0 heterocycles. The van der Waals surface area contributed by atoms with Gasteiger partial charge in [0.2, 0.25) is 0 Å². The minimum Gasteiger partial charge on any atom is -0.388 e. The summed E-state index contributed by atoms with van der Waals surface area (Å²) in [7, 11) is 0. The van der Waals surface area contributed by atoms with Crippen molar-refractivity contribution in [2.75, 3.05) is 0 Å². The molecule has 3 heteroatoms. The van der Waals surface area contributed by atoms with Crippen molar-refractivity contribution in [2.24, 2.45) is 23.2 Å². The second-order valence-electron chi connectivity index (χ2n) is 7.81. The molecule has 4 aliphatic carbocycles. The smallest absolute Gasteiger partial charge is 0.131 e. The molecule has 114 valence electrons. The molecule has 1 atom stereocenters. The highest BCUT2D eigenvalue weighted by Crippen LogP contribution is 2.64. The molecule has 1 aromatic rings. The largest absolute Gasteiger partial charge is 0.388 e. The van der Waals surface area contributed by atoms with Crippen molar-refractivity contribution in [1.29, 1.82) is 0 Å². The molecule has 0 radical (unpaired) electrons. The summed E-state index contributed by atoms with van der Waals surface area (Å²) < 4.78 is 27.6. The molecule has 1 N–H and O–H groups in total. The van der Waals surface area contributed by atoms with Crippen LogP contribution in [-0.2, 0) is 0 Å². The van der Waals surface area contributed by atoms with E-state index in [1.807, 2.05) is 0 Å². The van der Waals surface area contributed by atoms with Crippen LogP contribution >= 0.6 is 0 Å². The Labute approximate surface area is 124 Å². The molecule has 4 bridgehead atoms. The molecule has 1 unspecified atom stereocenters. The quantitative estimate of drug-likeness (QED) is 0.849. The lowest BCUT2D eigenvalue weighted by atomic mass is 9.47. The third-order valence-electron chi connectivity index (χ3n) is 6.24. The van der Waals surface area contributed by atoms with Gasteiger partial charge in [0, 0.05) is 17.0 Å². The van der Waals surface area contributed by atoms with E-state index in [4.69, 9.17) is 0 Å². The summed E-state index contributed by atoms with van der Waals surface area (Å²) in [5.74, 6) is 0.983. The SMILES string of the molecule is Cc1cc(C(O)C23CC4CC(CC(C4)C2)C3)c(F)cc1F. The lowest BCUT2D eigenvalue weighted by Crippen LogP contribution is -2.49. The summed E-state index contributed by atoms with van der Waals surface area (Å²) in [4.78, 5) is 0. The van der Waals surface area contributed by atoms with Crippen LogP contribution in [0.2, 0.25) is 0 Å². The average Bonchev–Trinajstić information content (AvgIpc) is 2.40. The zero-order valence-electron chi connectivity index (χ0n) is 12.4. The molecular formula is C18H22F2O. The molecule has 5 rings (SSSR count). The van der Waals surface area contributed by atoms with Crippen LogP contribution in [0.3, 0.4) is 0 Å². The predicted octanol–water partition coefficient (Wildman–Crippen LogP) is 4.52. The van der Waals surface area contributed by atoms with Crippen LogP contribution < -0.4 is 0 Å². The number of halogens is 2. The van der Waals surface area contributed by atoms with E-state index in [1.165, 1.54) is 25.3 Å². The number of aliphatic hydroxyl groups is 1. The van der Waals surface area contributed by atoms with E-state index < -0.39 is 17.7 Å². The Morgan fingerprint density at radius 1 is 1.00 bits per heavy atom. The van der Waals surface area contributed by atoms with Crippen molar-refractivity contribution in [1.82, 2.24) is 0 Å². The van der Waals surface area contributed by atoms with Crippen molar-refractivity contribution in [3.05, 3.63) is 34.9 Å². The highest BCUT2D eigenvalue weighted by Gasteiger charge is 2.54. The summed E-state index contributed by atoms with van der Waals surface area (Å²) >= 11 is 0. The first kappa shape index (κ1) is 13.7. The fourth-order valence-corrected chi connectivity index (χ4v) is 5.73. The minimum atomic E-state index is -0.787. The van der Waals surface area contributed by atoms with E-state index in [-0.39, 0.29) is 5.41 Å². The normalized spacial score (nSPS) is 38.8. The van der Waals surface area contributed by atoms with Crippen molar-refractivity contribution in [3.8, 4) is 0 Å². The van der Waals surface area contributed by atoms with Gasteiger partial charge in [-0.2, -0.15) is 0 Å². The summed E-state index contributed by atoms with van der Waals surface area (Å²) in [6.07, 6.45) is 6.11. The van der Waals surface area contributed by atoms with Crippen molar-refractivity contribution in [2.45, 2.75) is 51.6 Å². The van der Waals surface area contributed by atoms with Crippen LogP contribution in [-0.4, -0.2) is 5.11 Å². The van der Waals surface area contributed by atoms with Crippen LogP contribution in [0.25, 0.3) is 0 Å². The number of hydrogen-bond acceptors (Lipinski definition) is 1. The van der Waals surface area contributed by atoms with Gasteiger partial charge in [-0.25, -0.2) is 8.78 Å². The highest BCUT2D eigenvalue weighted by molar-refractivity contribution is 5.29. The molecule has 1 nitrogen and oxygen atoms in total. The molecule has 0 aliphatic heterocycles. The van der Waals surface area contributed by atoms with Gasteiger partial charge in [0.15, 0.2) is 0 Å². The first-order chi connectivity index (χ1) is 9.97. The van der Waals surface area contributed by atoms with E-state index in [0.29, 0.717) is 28.9 Å². The number of aliphatic hydroxyl groups excluding tert-OH is 1. The first-order valence-electron chi connectivity index (χ1n) is 8.10. The average molecular weight is 292 g/mol. The molecule has 0 spiro atoms. The maximum absolute atomic E-state index is 14.2. The monoisotopic (exact) mass is 292 g/mol. The van der Waals surface area contributed by atoms with Gasteiger partial charge in [-0.3, -0.25) is 0 Å². The molecule has 4 fully saturated rings. The Kier molecular flexibility index (Phi) is 2.94. The number of hydrogen-bond donors (Lipinski definition) is 1. The van der Waals surface area contributed by atoms with E-state index in [9.17, 15) is 13.9 Å². The third kappa shape index (κ3) is 2.04. The van der Waals surface area contributed by atoms with E-state index in [1.54, 1.807) is 6.92 Å². The molecular weight excluding hydrogens is 270 g/mol. The second-order valence-corrected chi connectivity index (χ2v) is 7.81. The fourth-order valence-electron chi connectivity index (χ4n) is 5.73. The maximum Gasteiger partial charge on any atom is 0.131 e. The Balaban J connectivity index is 1.71. The second kappa shape index (κ2) is 4.52. The zero-order valence-corrected chi connectivity index (χ0v) is 12.4. The minimum absolute atomic E-state index is 0.167. The van der Waals surface area contributed by atoms with Gasteiger partial charge in [0.05, 0.1) is 6.10 Å². The molecule has 0 amide bonds. The number of rotatable bonds is 2. The zero-order chi connectivity index (χ0) is 14.8. The van der Waals surface area contributed by atoms with E-state index in [2.05, 4.69) is 0 Å². The highest BCUT2D eigenvalue weighted by atomic mass is 19.1. The fraction of sp³-hybridized carbons (Fsp3) is 0.667. The van der Waals surface area contributed by atoms with Gasteiger partial charge < -0.3 is 5.11 Å². The van der Waals surface area contributed by atoms with Gasteiger partial charge in [0.1, 0.15) is 11.6 Å². The van der Waals surface area contributed by atoms with Crippen molar-refractivity contribution < 1.29 is 13.9 Å². The summed E-state index contributed by atoms with van der Waals surface area (Å²) in [6.45, 7) is 1.63. The van der Waals surface area contributed by atoms with Crippen LogP contribution in [0, 0.1) is 41.7 Å². The Morgan fingerprint density at radius 2 is 1.52 bits per heavy atom. The predicted molar refractivity (Wildman–Crippen MR) is 76.7 cm³/mol. The number of benzene rings is 1. The lowest BCUT2D eigenvalue weighted by molar-refractivity contribution is -0.123. The van der Waals surface area contributed by atoms with Crippen LogP contribution in [0.15, 0.2) is 12.1 Å². The van der Waals surface area contributed by atoms with Crippen LogP contribution in [0.5, 0.6) is 0 Å². The molecule has 4 aliphatic rings. The Morgan fingerprint density at radius 3 is 2.05 bits per heavy atom. The number of aryl methyl sites for hydroxylation is 1. The van der Waals surface area contributed by atoms with Crippen LogP contribution in [0.4, 0.5) is 8.78 Å². The maximum atomic E-state index is 14.2. The van der Waals surface area contributed by atoms with E-state index in [0.717, 1.165) is 25.3 Å². The van der Waals surface area contributed by atoms with Gasteiger partial charge in [-0.1, -0.05) is 0 Å².